The highest BCUT2D eigenvalue weighted by atomic mass is 15.2. The number of hydrogen-bond acceptors (Lipinski definition) is 1. The quantitative estimate of drug-likeness (QED) is 0.160. The van der Waals surface area contributed by atoms with Crippen LogP contribution in [0.15, 0.2) is 146 Å². The Bertz CT molecular complexity index is 3560. The molecule has 7 unspecified atom stereocenters. The molecule has 3 heteroatoms. The second-order valence-electron chi connectivity index (χ2n) is 24.3. The van der Waals surface area contributed by atoms with Crippen LogP contribution in [0.2, 0.25) is 0 Å². The predicted molar refractivity (Wildman–Crippen MR) is 267 cm³/mol. The van der Waals surface area contributed by atoms with Crippen molar-refractivity contribution in [2.24, 2.45) is 46.3 Å². The van der Waals surface area contributed by atoms with Gasteiger partial charge in [0.2, 0.25) is 0 Å². The molecule has 3 bridgehead atoms. The molecule has 20 rings (SSSR count). The average molecular weight is 847 g/mol. The summed E-state index contributed by atoms with van der Waals surface area (Å²) < 4.78 is 2.89. The minimum Gasteiger partial charge on any atom is -0.375 e. The molecular formula is C63H51BN2. The van der Waals surface area contributed by atoms with E-state index < -0.39 is 5.41 Å². The lowest BCUT2D eigenvalue weighted by molar-refractivity contribution is -0.395. The Labute approximate surface area is 387 Å². The van der Waals surface area contributed by atoms with Crippen LogP contribution in [0.1, 0.15) is 96.7 Å². The second-order valence-corrected chi connectivity index (χ2v) is 24.3. The SMILES string of the molecule is Cc1cc2c3c(c1)N1c4ccccc4C(c4ccccc4)(c4ccccc4)c4cccc(c41)B3n1c3ccc(C45CC6CC7CC6(C4)C7C5)cc3c3cc(C45CC6CC7CC(C4)C765)cc-2c31. The van der Waals surface area contributed by atoms with Gasteiger partial charge in [-0.2, -0.15) is 0 Å². The van der Waals surface area contributed by atoms with Gasteiger partial charge in [-0.05, 0) is 208 Å². The van der Waals surface area contributed by atoms with E-state index in [9.17, 15) is 0 Å². The molecule has 0 amide bonds. The smallest absolute Gasteiger partial charge is 0.333 e. The molecule has 7 atom stereocenters. The fourth-order valence-corrected chi connectivity index (χ4v) is 21.1. The molecule has 9 saturated carbocycles. The molecule has 4 heterocycles. The van der Waals surface area contributed by atoms with Gasteiger partial charge in [0.15, 0.2) is 0 Å². The van der Waals surface area contributed by atoms with Crippen molar-refractivity contribution in [3.05, 3.63) is 185 Å². The number of anilines is 3. The first-order chi connectivity index (χ1) is 32.5. The van der Waals surface area contributed by atoms with Crippen LogP contribution in [0, 0.1) is 53.3 Å². The van der Waals surface area contributed by atoms with Gasteiger partial charge < -0.3 is 9.38 Å². The summed E-state index contributed by atoms with van der Waals surface area (Å²) in [5, 5.41) is 3.06. The van der Waals surface area contributed by atoms with Crippen LogP contribution < -0.4 is 15.8 Å². The van der Waals surface area contributed by atoms with Crippen LogP contribution in [-0.4, -0.2) is 11.3 Å². The average Bonchev–Trinajstić information content (AvgIpc) is 4.06. The fraction of sp³-hybridized carbons (Fsp3) is 0.333. The van der Waals surface area contributed by atoms with Gasteiger partial charge >= 0.3 is 6.85 Å². The lowest BCUT2D eigenvalue weighted by atomic mass is 9.12. The number of aryl methyl sites for hydroxylation is 1. The summed E-state index contributed by atoms with van der Waals surface area (Å²) in [6.45, 7) is 2.41. The Balaban J connectivity index is 0.927. The molecule has 316 valence electrons. The summed E-state index contributed by atoms with van der Waals surface area (Å²) >= 11 is 0. The van der Waals surface area contributed by atoms with Gasteiger partial charge in [0.05, 0.1) is 11.1 Å². The van der Waals surface area contributed by atoms with Crippen LogP contribution in [0.3, 0.4) is 0 Å². The first-order valence-corrected chi connectivity index (χ1v) is 25.9. The van der Waals surface area contributed by atoms with E-state index in [-0.39, 0.29) is 6.85 Å². The van der Waals surface area contributed by atoms with Crippen molar-refractivity contribution < 1.29 is 0 Å². The molecule has 0 saturated heterocycles. The van der Waals surface area contributed by atoms with Crippen molar-refractivity contribution >= 4 is 56.6 Å². The first kappa shape index (κ1) is 34.5. The maximum absolute atomic E-state index is 2.89. The Kier molecular flexibility index (Phi) is 5.49. The molecule has 12 aliphatic rings. The van der Waals surface area contributed by atoms with Crippen LogP contribution in [0.5, 0.6) is 0 Å². The van der Waals surface area contributed by atoms with E-state index in [1.54, 1.807) is 11.1 Å². The number of para-hydroxylation sites is 2. The lowest BCUT2D eigenvalue weighted by Crippen LogP contribution is -2.87. The minimum atomic E-state index is -0.504. The van der Waals surface area contributed by atoms with E-state index in [1.807, 2.05) is 0 Å². The van der Waals surface area contributed by atoms with E-state index in [0.29, 0.717) is 21.7 Å². The molecule has 8 aromatic rings. The number of rotatable bonds is 4. The van der Waals surface area contributed by atoms with Crippen molar-refractivity contribution in [3.63, 3.8) is 0 Å². The summed E-state index contributed by atoms with van der Waals surface area (Å²) in [5.74, 6) is 5.93. The zero-order chi connectivity index (χ0) is 42.4. The van der Waals surface area contributed by atoms with E-state index in [2.05, 4.69) is 162 Å². The number of aromatic nitrogens is 1. The van der Waals surface area contributed by atoms with Crippen molar-refractivity contribution in [1.29, 1.82) is 0 Å². The zero-order valence-corrected chi connectivity index (χ0v) is 37.7. The minimum absolute atomic E-state index is 0.0449. The lowest BCUT2D eigenvalue weighted by Gasteiger charge is -2.91. The predicted octanol–water partition coefficient (Wildman–Crippen LogP) is 13.0. The van der Waals surface area contributed by atoms with E-state index >= 15 is 0 Å². The molecular weight excluding hydrogens is 796 g/mol. The van der Waals surface area contributed by atoms with Gasteiger partial charge in [0.1, 0.15) is 0 Å². The maximum Gasteiger partial charge on any atom is 0.333 e. The number of fused-ring (bicyclic) bond motifs is 10. The van der Waals surface area contributed by atoms with Crippen LogP contribution >= 0.6 is 0 Å². The Morgan fingerprint density at radius 1 is 0.561 bits per heavy atom. The topological polar surface area (TPSA) is 8.17 Å². The molecule has 0 N–H and O–H groups in total. The summed E-state index contributed by atoms with van der Waals surface area (Å²) in [4.78, 5) is 2.72. The van der Waals surface area contributed by atoms with Crippen molar-refractivity contribution in [1.82, 2.24) is 4.48 Å². The zero-order valence-electron chi connectivity index (χ0n) is 37.7. The fourth-order valence-electron chi connectivity index (χ4n) is 21.1. The third kappa shape index (κ3) is 3.25. The molecule has 2 spiro atoms. The largest absolute Gasteiger partial charge is 0.375 e. The molecule has 1 aromatic heterocycles. The number of hydrogen-bond donors (Lipinski definition) is 0. The van der Waals surface area contributed by atoms with Gasteiger partial charge in [0, 0.05) is 44.2 Å². The summed E-state index contributed by atoms with van der Waals surface area (Å²) in [5.41, 5.74) is 24.4. The van der Waals surface area contributed by atoms with Crippen LogP contribution in [-0.2, 0) is 16.2 Å². The Morgan fingerprint density at radius 2 is 1.32 bits per heavy atom. The van der Waals surface area contributed by atoms with Gasteiger partial charge in [-0.25, -0.2) is 0 Å². The number of benzene rings is 7. The third-order valence-corrected chi connectivity index (χ3v) is 22.8. The Morgan fingerprint density at radius 3 is 2.08 bits per heavy atom. The molecule has 2 nitrogen and oxygen atoms in total. The van der Waals surface area contributed by atoms with Crippen molar-refractivity contribution in [3.8, 4) is 11.1 Å². The van der Waals surface area contributed by atoms with Gasteiger partial charge in [-0.3, -0.25) is 0 Å². The third-order valence-electron chi connectivity index (χ3n) is 22.8. The molecule has 3 aliphatic heterocycles. The van der Waals surface area contributed by atoms with E-state index in [4.69, 9.17) is 0 Å². The van der Waals surface area contributed by atoms with Gasteiger partial charge in [-0.1, -0.05) is 109 Å². The van der Waals surface area contributed by atoms with E-state index in [1.165, 1.54) is 147 Å². The summed E-state index contributed by atoms with van der Waals surface area (Å²) in [6, 6.07) is 58.4. The van der Waals surface area contributed by atoms with Crippen molar-refractivity contribution in [2.45, 2.75) is 81.0 Å². The van der Waals surface area contributed by atoms with Gasteiger partial charge in [-0.15, -0.1) is 0 Å². The van der Waals surface area contributed by atoms with Crippen LogP contribution in [0.4, 0.5) is 17.1 Å². The Hall–Kier alpha value is -5.80. The second kappa shape index (κ2) is 10.5. The highest BCUT2D eigenvalue weighted by Gasteiger charge is 2.87. The normalized spacial score (nSPS) is 35.4. The summed E-state index contributed by atoms with van der Waals surface area (Å²) in [7, 11) is 0. The molecule has 0 radical (unpaired) electrons. The molecule has 9 fully saturated rings. The highest BCUT2D eigenvalue weighted by Crippen LogP contribution is 2.93. The molecule has 9 aliphatic carbocycles. The van der Waals surface area contributed by atoms with Crippen LogP contribution in [0.25, 0.3) is 32.9 Å². The standard InChI is InChI=1S/C63H51BN2/c1-35-21-46-48-28-40(61-31-43-24-41-25-44(32-61)63(41,43)61)27-47-45-26-39(59-30-42-23-36-29-60(42,34-59)51(36)33-59)19-20-53(45)66(57(47)48)64-52-17-10-16-50-58(52)65(55(22-35)56(46)64)54-18-9-8-15-49(54)62(50,37-11-4-2-5-12-37)38-13-6-3-7-14-38/h2-22,26-28,36,41-44,51H,23-25,29-34H2,1H3. The summed E-state index contributed by atoms with van der Waals surface area (Å²) in [6.07, 6.45) is 13.2. The van der Waals surface area contributed by atoms with Crippen molar-refractivity contribution in [2.75, 3.05) is 4.90 Å². The van der Waals surface area contributed by atoms with Gasteiger partial charge in [0.25, 0.3) is 0 Å². The number of nitrogens with zero attached hydrogens (tertiary/aromatic N) is 2. The van der Waals surface area contributed by atoms with E-state index in [0.717, 1.165) is 35.5 Å². The maximum atomic E-state index is 2.89. The monoisotopic (exact) mass is 846 g/mol. The first-order valence-electron chi connectivity index (χ1n) is 25.9. The highest BCUT2D eigenvalue weighted by molar-refractivity contribution is 6.90. The molecule has 7 aromatic carbocycles. The molecule has 66 heavy (non-hydrogen) atoms.